The second-order valence-corrected chi connectivity index (χ2v) is 7.09. The topological polar surface area (TPSA) is 50.1 Å². The molecule has 134 valence electrons. The van der Waals surface area contributed by atoms with Crippen LogP contribution < -0.4 is 0 Å². The fourth-order valence-corrected chi connectivity index (χ4v) is 3.33. The number of ether oxygens (including phenoxy) is 1. The second kappa shape index (κ2) is 7.52. The average Bonchev–Trinajstić information content (AvgIpc) is 2.67. The maximum atomic E-state index is 11.7. The molecule has 0 spiro atoms. The van der Waals surface area contributed by atoms with Crippen LogP contribution in [0.2, 0.25) is 0 Å². The smallest absolute Gasteiger partial charge is 0.338 e. The zero-order chi connectivity index (χ0) is 19.4. The van der Waals surface area contributed by atoms with Crippen LogP contribution in [0.5, 0.6) is 0 Å². The molecule has 0 radical (unpaired) electrons. The van der Waals surface area contributed by atoms with Crippen LogP contribution in [0.3, 0.4) is 0 Å². The Hall–Kier alpha value is -3.30. The zero-order valence-corrected chi connectivity index (χ0v) is 15.8. The molecule has 0 fully saturated rings. The molecule has 2 aromatic carbocycles. The van der Waals surface area contributed by atoms with E-state index < -0.39 is 0 Å². The molecule has 0 N–H and O–H groups in total. The number of allylic oxidation sites excluding steroid dienone is 2. The number of nitriles is 1. The number of carbonyl (C=O) groups is 1. The molecule has 0 atom stereocenters. The largest absolute Gasteiger partial charge is 0.462 e. The van der Waals surface area contributed by atoms with Gasteiger partial charge in [-0.3, -0.25) is 0 Å². The van der Waals surface area contributed by atoms with Gasteiger partial charge in [0.25, 0.3) is 0 Å². The minimum absolute atomic E-state index is 0.0747. The highest BCUT2D eigenvalue weighted by atomic mass is 16.5. The fourth-order valence-electron chi connectivity index (χ4n) is 3.33. The van der Waals surface area contributed by atoms with Crippen LogP contribution in [-0.4, -0.2) is 12.6 Å². The SMILES string of the molecule is CCOC(=O)c1ccc(C#Cc2cccc3c2C(C)(C)CC=C3C#N)cc1. The number of hydrogen-bond donors (Lipinski definition) is 0. The molecule has 0 bridgehead atoms. The molecular formula is C24H21NO2. The summed E-state index contributed by atoms with van der Waals surface area (Å²) in [5, 5.41) is 9.42. The molecule has 3 rings (SSSR count). The maximum absolute atomic E-state index is 11.7. The molecule has 3 heteroatoms. The van der Waals surface area contributed by atoms with E-state index in [2.05, 4.69) is 31.8 Å². The molecule has 27 heavy (non-hydrogen) atoms. The molecular weight excluding hydrogens is 334 g/mol. The van der Waals surface area contributed by atoms with Gasteiger partial charge >= 0.3 is 5.97 Å². The van der Waals surface area contributed by atoms with Crippen LogP contribution in [-0.2, 0) is 10.2 Å². The van der Waals surface area contributed by atoms with Gasteiger partial charge in [-0.15, -0.1) is 0 Å². The van der Waals surface area contributed by atoms with Crippen molar-refractivity contribution in [3.63, 3.8) is 0 Å². The lowest BCUT2D eigenvalue weighted by Gasteiger charge is -2.31. The van der Waals surface area contributed by atoms with Crippen molar-refractivity contribution in [1.82, 2.24) is 0 Å². The first-order valence-corrected chi connectivity index (χ1v) is 8.99. The summed E-state index contributed by atoms with van der Waals surface area (Å²) >= 11 is 0. The summed E-state index contributed by atoms with van der Waals surface area (Å²) in [6, 6.07) is 15.3. The molecule has 0 saturated carbocycles. The first kappa shape index (κ1) is 18.5. The minimum atomic E-state index is -0.327. The Morgan fingerprint density at radius 2 is 1.89 bits per heavy atom. The lowest BCUT2D eigenvalue weighted by atomic mass is 9.71. The molecule has 1 aliphatic rings. The first-order chi connectivity index (χ1) is 13.0. The van der Waals surface area contributed by atoms with E-state index in [1.165, 1.54) is 0 Å². The van der Waals surface area contributed by atoms with E-state index in [9.17, 15) is 10.1 Å². The molecule has 0 saturated heterocycles. The van der Waals surface area contributed by atoms with Crippen molar-refractivity contribution in [3.05, 3.63) is 76.4 Å². The van der Waals surface area contributed by atoms with Gasteiger partial charge in [0.05, 0.1) is 23.8 Å². The van der Waals surface area contributed by atoms with Crippen LogP contribution in [0.25, 0.3) is 5.57 Å². The highest BCUT2D eigenvalue weighted by Gasteiger charge is 2.30. The summed E-state index contributed by atoms with van der Waals surface area (Å²) in [5.74, 6) is 6.11. The van der Waals surface area contributed by atoms with Crippen LogP contribution >= 0.6 is 0 Å². The van der Waals surface area contributed by atoms with Gasteiger partial charge in [-0.2, -0.15) is 5.26 Å². The highest BCUT2D eigenvalue weighted by Crippen LogP contribution is 2.40. The quantitative estimate of drug-likeness (QED) is 0.571. The van der Waals surface area contributed by atoms with Gasteiger partial charge in [0.15, 0.2) is 0 Å². The highest BCUT2D eigenvalue weighted by molar-refractivity contribution is 5.89. The van der Waals surface area contributed by atoms with Gasteiger partial charge in [-0.05, 0) is 60.2 Å². The van der Waals surface area contributed by atoms with E-state index in [0.717, 1.165) is 28.7 Å². The van der Waals surface area contributed by atoms with E-state index in [-0.39, 0.29) is 11.4 Å². The van der Waals surface area contributed by atoms with Gasteiger partial charge in [0.1, 0.15) is 0 Å². The number of esters is 1. The molecule has 0 heterocycles. The molecule has 0 amide bonds. The lowest BCUT2D eigenvalue weighted by molar-refractivity contribution is 0.0526. The van der Waals surface area contributed by atoms with E-state index in [1.54, 1.807) is 19.1 Å². The molecule has 3 nitrogen and oxygen atoms in total. The van der Waals surface area contributed by atoms with Crippen molar-refractivity contribution in [1.29, 1.82) is 5.26 Å². The van der Waals surface area contributed by atoms with Crippen molar-refractivity contribution >= 4 is 11.5 Å². The number of nitrogens with zero attached hydrogens (tertiary/aromatic N) is 1. The Balaban J connectivity index is 1.96. The Labute approximate surface area is 160 Å². The molecule has 0 unspecified atom stereocenters. The fraction of sp³-hybridized carbons (Fsp3) is 0.250. The maximum Gasteiger partial charge on any atom is 0.338 e. The summed E-state index contributed by atoms with van der Waals surface area (Å²) in [4.78, 5) is 11.7. The number of rotatable bonds is 2. The number of benzene rings is 2. The number of hydrogen-bond acceptors (Lipinski definition) is 3. The van der Waals surface area contributed by atoms with Crippen LogP contribution in [0.4, 0.5) is 0 Å². The average molecular weight is 355 g/mol. The van der Waals surface area contributed by atoms with Crippen molar-refractivity contribution in [2.45, 2.75) is 32.6 Å². The predicted molar refractivity (Wildman–Crippen MR) is 106 cm³/mol. The van der Waals surface area contributed by atoms with Crippen LogP contribution in [0.1, 0.15) is 59.8 Å². The third-order valence-corrected chi connectivity index (χ3v) is 4.71. The third kappa shape index (κ3) is 3.78. The van der Waals surface area contributed by atoms with Gasteiger partial charge < -0.3 is 4.74 Å². The Kier molecular flexibility index (Phi) is 5.15. The second-order valence-electron chi connectivity index (χ2n) is 7.09. The Morgan fingerprint density at radius 1 is 1.15 bits per heavy atom. The summed E-state index contributed by atoms with van der Waals surface area (Å²) in [7, 11) is 0. The Bertz CT molecular complexity index is 1010. The summed E-state index contributed by atoms with van der Waals surface area (Å²) < 4.78 is 5.00. The molecule has 1 aliphatic carbocycles. The van der Waals surface area contributed by atoms with Gasteiger partial charge in [0.2, 0.25) is 0 Å². The standard InChI is InChI=1S/C24H21NO2/c1-4-27-23(26)19-12-9-17(10-13-19)8-11-18-6-5-7-21-20(16-25)14-15-24(2,3)22(18)21/h5-7,9-10,12-14H,4,15H2,1-3H3. The molecule has 0 aliphatic heterocycles. The third-order valence-electron chi connectivity index (χ3n) is 4.71. The van der Waals surface area contributed by atoms with Crippen LogP contribution in [0.15, 0.2) is 48.5 Å². The lowest BCUT2D eigenvalue weighted by Crippen LogP contribution is -2.23. The normalized spacial score (nSPS) is 14.1. The van der Waals surface area contributed by atoms with Gasteiger partial charge in [-0.25, -0.2) is 4.79 Å². The van der Waals surface area contributed by atoms with E-state index in [0.29, 0.717) is 17.7 Å². The first-order valence-electron chi connectivity index (χ1n) is 8.99. The van der Waals surface area contributed by atoms with Crippen molar-refractivity contribution in [3.8, 4) is 17.9 Å². The summed E-state index contributed by atoms with van der Waals surface area (Å²) in [6.07, 6.45) is 2.82. The van der Waals surface area contributed by atoms with E-state index in [4.69, 9.17) is 4.74 Å². The zero-order valence-electron chi connectivity index (χ0n) is 15.8. The van der Waals surface area contributed by atoms with Crippen molar-refractivity contribution < 1.29 is 9.53 Å². The number of carbonyl (C=O) groups excluding carboxylic acids is 1. The minimum Gasteiger partial charge on any atom is -0.462 e. The molecule has 0 aromatic heterocycles. The monoisotopic (exact) mass is 355 g/mol. The van der Waals surface area contributed by atoms with Crippen molar-refractivity contribution in [2.75, 3.05) is 6.61 Å². The van der Waals surface area contributed by atoms with E-state index >= 15 is 0 Å². The van der Waals surface area contributed by atoms with Crippen LogP contribution in [0, 0.1) is 23.2 Å². The van der Waals surface area contributed by atoms with Gasteiger partial charge in [-0.1, -0.05) is 43.9 Å². The van der Waals surface area contributed by atoms with Crippen molar-refractivity contribution in [2.24, 2.45) is 0 Å². The molecule has 2 aromatic rings. The van der Waals surface area contributed by atoms with E-state index in [1.807, 2.05) is 36.4 Å². The Morgan fingerprint density at radius 3 is 2.56 bits per heavy atom. The predicted octanol–water partition coefficient (Wildman–Crippen LogP) is 4.85. The summed E-state index contributed by atoms with van der Waals surface area (Å²) in [5.41, 5.74) is 5.02. The van der Waals surface area contributed by atoms with Gasteiger partial charge in [0, 0.05) is 11.1 Å². The summed E-state index contributed by atoms with van der Waals surface area (Å²) in [6.45, 7) is 6.49. The number of fused-ring (bicyclic) bond motifs is 1.